The van der Waals surface area contributed by atoms with Crippen molar-refractivity contribution >= 4 is 39.3 Å². The van der Waals surface area contributed by atoms with Crippen LogP contribution >= 0.6 is 11.3 Å². The lowest BCUT2D eigenvalue weighted by Gasteiger charge is -2.05. The Morgan fingerprint density at radius 2 is 1.77 bits per heavy atom. The van der Waals surface area contributed by atoms with Crippen molar-refractivity contribution in [2.24, 2.45) is 10.1 Å². The molecule has 0 spiro atoms. The molecule has 0 bridgehead atoms. The Labute approximate surface area is 186 Å². The fraction of sp³-hybridized carbons (Fsp3) is 0.160. The van der Waals surface area contributed by atoms with Gasteiger partial charge >= 0.3 is 0 Å². The quantitative estimate of drug-likeness (QED) is 0.158. The summed E-state index contributed by atoms with van der Waals surface area (Å²) < 4.78 is 6.82. The highest BCUT2D eigenvalue weighted by molar-refractivity contribution is 7.20. The predicted octanol–water partition coefficient (Wildman–Crippen LogP) is 6.18. The van der Waals surface area contributed by atoms with Gasteiger partial charge in [0.15, 0.2) is 10.8 Å². The van der Waals surface area contributed by atoms with Crippen LogP contribution in [0.5, 0.6) is 5.75 Å². The Bertz CT molecular complexity index is 1130. The molecular weight excluding hydrogens is 404 g/mol. The van der Waals surface area contributed by atoms with E-state index in [1.165, 1.54) is 0 Å². The molecule has 5 nitrogen and oxygen atoms in total. The first-order chi connectivity index (χ1) is 15.3. The second kappa shape index (κ2) is 10.5. The molecule has 0 saturated heterocycles. The standard InChI is InChI=1S/C25H24N4OS/c1-2-3-17-30-21-15-13-19(14-16-21)18-26-29-24(27-20-9-5-4-6-10-20)25-28-22-11-7-8-12-23(22)31-25/h4-16,18H,2-3,17H2,1H3,(H,27,29). The molecule has 1 heterocycles. The molecule has 156 valence electrons. The molecule has 4 aromatic rings. The summed E-state index contributed by atoms with van der Waals surface area (Å²) in [6, 6.07) is 25.8. The first-order valence-electron chi connectivity index (χ1n) is 10.3. The summed E-state index contributed by atoms with van der Waals surface area (Å²) in [4.78, 5) is 9.45. The van der Waals surface area contributed by atoms with Gasteiger partial charge in [-0.3, -0.25) is 5.43 Å². The summed E-state index contributed by atoms with van der Waals surface area (Å²) >= 11 is 1.59. The van der Waals surface area contributed by atoms with Gasteiger partial charge in [-0.15, -0.1) is 11.3 Å². The van der Waals surface area contributed by atoms with E-state index >= 15 is 0 Å². The van der Waals surface area contributed by atoms with Crippen LogP contribution in [0.3, 0.4) is 0 Å². The molecule has 0 radical (unpaired) electrons. The first-order valence-corrected chi connectivity index (χ1v) is 11.1. The molecule has 0 saturated carbocycles. The number of ether oxygens (including phenoxy) is 1. The Balaban J connectivity index is 1.52. The molecule has 1 N–H and O–H groups in total. The van der Waals surface area contributed by atoms with Crippen molar-refractivity contribution in [3.05, 3.63) is 89.4 Å². The van der Waals surface area contributed by atoms with Gasteiger partial charge in [0, 0.05) is 0 Å². The lowest BCUT2D eigenvalue weighted by molar-refractivity contribution is 0.309. The third-order valence-electron chi connectivity index (χ3n) is 4.52. The number of hydrazone groups is 1. The highest BCUT2D eigenvalue weighted by atomic mass is 32.1. The molecule has 0 unspecified atom stereocenters. The van der Waals surface area contributed by atoms with Crippen molar-refractivity contribution in [2.75, 3.05) is 6.61 Å². The molecule has 1 aromatic heterocycles. The van der Waals surface area contributed by atoms with E-state index in [-0.39, 0.29) is 0 Å². The molecule has 0 amide bonds. The Kier molecular flexibility index (Phi) is 7.03. The van der Waals surface area contributed by atoms with Crippen LogP contribution in [0.25, 0.3) is 10.2 Å². The van der Waals surface area contributed by atoms with Gasteiger partial charge in [0.1, 0.15) is 5.75 Å². The number of nitrogens with zero attached hydrogens (tertiary/aromatic N) is 3. The molecule has 3 aromatic carbocycles. The van der Waals surface area contributed by atoms with E-state index in [1.54, 1.807) is 17.6 Å². The minimum absolute atomic E-state index is 0.614. The second-order valence-electron chi connectivity index (χ2n) is 6.92. The number of amidine groups is 1. The lowest BCUT2D eigenvalue weighted by Crippen LogP contribution is -2.18. The number of thiazole rings is 1. The summed E-state index contributed by atoms with van der Waals surface area (Å²) in [6.07, 6.45) is 3.95. The fourth-order valence-corrected chi connectivity index (χ4v) is 3.78. The lowest BCUT2D eigenvalue weighted by atomic mass is 10.2. The highest BCUT2D eigenvalue weighted by Gasteiger charge is 2.10. The van der Waals surface area contributed by atoms with Crippen molar-refractivity contribution in [1.82, 2.24) is 10.4 Å². The second-order valence-corrected chi connectivity index (χ2v) is 7.95. The molecule has 4 rings (SSSR count). The summed E-state index contributed by atoms with van der Waals surface area (Å²) in [7, 11) is 0. The minimum Gasteiger partial charge on any atom is -0.494 e. The third kappa shape index (κ3) is 5.77. The largest absolute Gasteiger partial charge is 0.494 e. The van der Waals surface area contributed by atoms with Crippen LogP contribution in [0.4, 0.5) is 5.69 Å². The average Bonchev–Trinajstić information content (AvgIpc) is 3.25. The van der Waals surface area contributed by atoms with Gasteiger partial charge in [0.25, 0.3) is 0 Å². The van der Waals surface area contributed by atoms with Crippen LogP contribution in [0.1, 0.15) is 30.3 Å². The first kappa shape index (κ1) is 20.8. The van der Waals surface area contributed by atoms with E-state index in [0.717, 1.165) is 51.7 Å². The molecular formula is C25H24N4OS. The normalized spacial score (nSPS) is 11.8. The van der Waals surface area contributed by atoms with E-state index in [0.29, 0.717) is 5.84 Å². The predicted molar refractivity (Wildman–Crippen MR) is 130 cm³/mol. The van der Waals surface area contributed by atoms with Gasteiger partial charge in [0.2, 0.25) is 0 Å². The number of unbranched alkanes of at least 4 members (excludes halogenated alkanes) is 1. The van der Waals surface area contributed by atoms with Crippen LogP contribution in [-0.4, -0.2) is 23.6 Å². The smallest absolute Gasteiger partial charge is 0.183 e. The van der Waals surface area contributed by atoms with Crippen molar-refractivity contribution in [2.45, 2.75) is 19.8 Å². The maximum Gasteiger partial charge on any atom is 0.183 e. The van der Waals surface area contributed by atoms with Gasteiger partial charge in [-0.05, 0) is 60.5 Å². The number of rotatable bonds is 8. The summed E-state index contributed by atoms with van der Waals surface area (Å²) in [5, 5.41) is 5.20. The van der Waals surface area contributed by atoms with Gasteiger partial charge in [-0.25, -0.2) is 9.98 Å². The number of fused-ring (bicyclic) bond motifs is 1. The minimum atomic E-state index is 0.614. The molecule has 6 heteroatoms. The number of aromatic nitrogens is 1. The summed E-state index contributed by atoms with van der Waals surface area (Å²) in [6.45, 7) is 2.90. The Morgan fingerprint density at radius 1 is 1.00 bits per heavy atom. The molecule has 31 heavy (non-hydrogen) atoms. The maximum atomic E-state index is 5.71. The number of hydrogen-bond donors (Lipinski definition) is 1. The van der Waals surface area contributed by atoms with Crippen LogP contribution in [0.2, 0.25) is 0 Å². The number of para-hydroxylation sites is 2. The molecule has 0 atom stereocenters. The van der Waals surface area contributed by atoms with E-state index in [9.17, 15) is 0 Å². The molecule has 0 aliphatic rings. The van der Waals surface area contributed by atoms with Gasteiger partial charge in [0.05, 0.1) is 28.7 Å². The zero-order valence-electron chi connectivity index (χ0n) is 17.4. The monoisotopic (exact) mass is 428 g/mol. The van der Waals surface area contributed by atoms with Crippen LogP contribution < -0.4 is 10.2 Å². The number of nitrogens with one attached hydrogen (secondary N) is 1. The zero-order valence-corrected chi connectivity index (χ0v) is 18.2. The SMILES string of the molecule is CCCCOc1ccc(C=NNC(=Nc2ccccc2)c2nc3ccccc3s2)cc1. The number of benzene rings is 3. The topological polar surface area (TPSA) is 58.9 Å². The highest BCUT2D eigenvalue weighted by Crippen LogP contribution is 2.23. The van der Waals surface area contributed by atoms with Crippen molar-refractivity contribution < 1.29 is 4.74 Å². The van der Waals surface area contributed by atoms with Crippen molar-refractivity contribution in [3.63, 3.8) is 0 Å². The zero-order chi connectivity index (χ0) is 21.3. The van der Waals surface area contributed by atoms with Crippen molar-refractivity contribution in [1.29, 1.82) is 0 Å². The fourth-order valence-electron chi connectivity index (χ4n) is 2.88. The van der Waals surface area contributed by atoms with Crippen LogP contribution in [-0.2, 0) is 0 Å². The molecule has 0 aliphatic heterocycles. The van der Waals surface area contributed by atoms with Gasteiger partial charge in [-0.1, -0.05) is 43.7 Å². The van der Waals surface area contributed by atoms with Crippen molar-refractivity contribution in [3.8, 4) is 5.75 Å². The van der Waals surface area contributed by atoms with E-state index in [2.05, 4.69) is 23.5 Å². The summed E-state index contributed by atoms with van der Waals surface area (Å²) in [5.41, 5.74) is 5.85. The number of aliphatic imine (C=N–C) groups is 1. The van der Waals surface area contributed by atoms with E-state index in [1.807, 2.05) is 72.8 Å². The Hall–Kier alpha value is -3.51. The van der Waals surface area contributed by atoms with E-state index < -0.39 is 0 Å². The summed E-state index contributed by atoms with van der Waals surface area (Å²) in [5.74, 6) is 1.49. The van der Waals surface area contributed by atoms with Crippen LogP contribution in [0, 0.1) is 0 Å². The molecule has 0 fully saturated rings. The van der Waals surface area contributed by atoms with Gasteiger partial charge in [-0.2, -0.15) is 5.10 Å². The average molecular weight is 429 g/mol. The Morgan fingerprint density at radius 3 is 2.55 bits per heavy atom. The molecule has 0 aliphatic carbocycles. The maximum absolute atomic E-state index is 5.71. The van der Waals surface area contributed by atoms with E-state index in [4.69, 9.17) is 14.7 Å². The number of hydrogen-bond acceptors (Lipinski definition) is 5. The van der Waals surface area contributed by atoms with Gasteiger partial charge < -0.3 is 4.74 Å². The van der Waals surface area contributed by atoms with Crippen LogP contribution in [0.15, 0.2) is 89.0 Å². The third-order valence-corrected chi connectivity index (χ3v) is 5.57.